The molecule has 0 aliphatic heterocycles. The second-order valence-electron chi connectivity index (χ2n) is 7.16. The summed E-state index contributed by atoms with van der Waals surface area (Å²) in [6.45, 7) is 7.23. The molecule has 0 spiro atoms. The number of aryl methyl sites for hydroxylation is 1. The van der Waals surface area contributed by atoms with Crippen LogP contribution in [-0.4, -0.2) is 33.6 Å². The number of benzene rings is 1. The molecule has 0 saturated carbocycles. The molecular weight excluding hydrogens is 298 g/mol. The number of nitrogens with one attached hydrogen (secondary N) is 1. The molecule has 128 valence electrons. The Morgan fingerprint density at radius 1 is 1.33 bits per heavy atom. The van der Waals surface area contributed by atoms with Crippen LogP contribution in [0, 0.1) is 5.92 Å². The van der Waals surface area contributed by atoms with Crippen molar-refractivity contribution in [1.82, 2.24) is 15.1 Å². The van der Waals surface area contributed by atoms with Gasteiger partial charge in [-0.25, -0.2) is 0 Å². The van der Waals surface area contributed by atoms with Crippen LogP contribution in [0.3, 0.4) is 0 Å². The highest BCUT2D eigenvalue weighted by Crippen LogP contribution is 2.24. The van der Waals surface area contributed by atoms with E-state index in [1.54, 1.807) is 0 Å². The Bertz CT molecular complexity index is 687. The predicted molar refractivity (Wildman–Crippen MR) is 96.1 cm³/mol. The second kappa shape index (κ2) is 7.20. The van der Waals surface area contributed by atoms with Crippen LogP contribution in [0.2, 0.25) is 0 Å². The van der Waals surface area contributed by atoms with Gasteiger partial charge in [-0.05, 0) is 61.8 Å². The topological polar surface area (TPSA) is 49.0 Å². The monoisotopic (exact) mass is 325 g/mol. The molecule has 1 aromatic carbocycles. The summed E-state index contributed by atoms with van der Waals surface area (Å²) in [4.78, 5) is 15.0. The van der Waals surface area contributed by atoms with Crippen LogP contribution in [0.5, 0.6) is 0 Å². The summed E-state index contributed by atoms with van der Waals surface area (Å²) in [6, 6.07) is 8.42. The molecule has 0 fully saturated rings. The third kappa shape index (κ3) is 3.53. The van der Waals surface area contributed by atoms with E-state index in [-0.39, 0.29) is 11.9 Å². The van der Waals surface area contributed by atoms with E-state index in [2.05, 4.69) is 43.1 Å². The molecule has 3 rings (SSSR count). The maximum absolute atomic E-state index is 13.0. The van der Waals surface area contributed by atoms with Crippen molar-refractivity contribution in [3.05, 3.63) is 52.8 Å². The van der Waals surface area contributed by atoms with E-state index in [4.69, 9.17) is 0 Å². The van der Waals surface area contributed by atoms with Crippen LogP contribution in [0.25, 0.3) is 0 Å². The summed E-state index contributed by atoms with van der Waals surface area (Å²) in [5.41, 5.74) is 4.57. The second-order valence-corrected chi connectivity index (χ2v) is 7.16. The van der Waals surface area contributed by atoms with Gasteiger partial charge in [-0.2, -0.15) is 5.10 Å². The Morgan fingerprint density at radius 3 is 2.75 bits per heavy atom. The van der Waals surface area contributed by atoms with Crippen molar-refractivity contribution in [3.63, 3.8) is 0 Å². The van der Waals surface area contributed by atoms with Crippen LogP contribution in [0.15, 0.2) is 30.5 Å². The molecule has 0 bridgehead atoms. The summed E-state index contributed by atoms with van der Waals surface area (Å²) < 4.78 is 0. The van der Waals surface area contributed by atoms with Crippen molar-refractivity contribution < 1.29 is 4.79 Å². The number of likely N-dealkylation sites (N-methyl/N-ethyl adjacent to an activating group) is 1. The number of H-pyrrole nitrogens is 1. The van der Waals surface area contributed by atoms with E-state index in [1.165, 1.54) is 16.8 Å². The van der Waals surface area contributed by atoms with Crippen LogP contribution < -0.4 is 0 Å². The molecule has 4 heteroatoms. The van der Waals surface area contributed by atoms with E-state index in [1.807, 2.05) is 23.2 Å². The molecule has 24 heavy (non-hydrogen) atoms. The Kier molecular flexibility index (Phi) is 5.03. The van der Waals surface area contributed by atoms with Gasteiger partial charge in [-0.1, -0.05) is 26.0 Å². The molecule has 1 atom stereocenters. The predicted octanol–water partition coefficient (Wildman–Crippen LogP) is 3.63. The van der Waals surface area contributed by atoms with Crippen molar-refractivity contribution in [2.24, 2.45) is 5.92 Å². The third-order valence-electron chi connectivity index (χ3n) is 4.88. The average Bonchev–Trinajstić information content (AvgIpc) is 3.03. The molecule has 1 aliphatic rings. The molecule has 1 unspecified atom stereocenters. The van der Waals surface area contributed by atoms with E-state index in [0.29, 0.717) is 5.92 Å². The van der Waals surface area contributed by atoms with Crippen molar-refractivity contribution >= 4 is 5.91 Å². The van der Waals surface area contributed by atoms with E-state index >= 15 is 0 Å². The molecule has 2 aromatic rings. The first-order valence-electron chi connectivity index (χ1n) is 8.99. The van der Waals surface area contributed by atoms with Gasteiger partial charge in [0.1, 0.15) is 0 Å². The van der Waals surface area contributed by atoms with Crippen molar-refractivity contribution in [1.29, 1.82) is 0 Å². The number of aromatic nitrogens is 2. The zero-order valence-electron chi connectivity index (χ0n) is 14.9. The van der Waals surface area contributed by atoms with Gasteiger partial charge < -0.3 is 4.90 Å². The molecule has 1 aromatic heterocycles. The van der Waals surface area contributed by atoms with E-state index in [0.717, 1.165) is 37.8 Å². The highest BCUT2D eigenvalue weighted by atomic mass is 16.2. The standard InChI is InChI=1S/C20H27N3O/c1-4-23(18-9-10-19-17(12-18)13-21-22-19)20(24)16-7-5-15(6-8-16)11-14(2)3/h5-8,13-14,18H,4,9-12H2,1-3H3,(H,21,22). The minimum atomic E-state index is 0.144. The number of rotatable bonds is 5. The van der Waals surface area contributed by atoms with Gasteiger partial charge in [0.15, 0.2) is 0 Å². The van der Waals surface area contributed by atoms with Crippen molar-refractivity contribution in [2.75, 3.05) is 6.54 Å². The lowest BCUT2D eigenvalue weighted by Crippen LogP contribution is -2.43. The Hall–Kier alpha value is -2.10. The van der Waals surface area contributed by atoms with Gasteiger partial charge in [-0.15, -0.1) is 0 Å². The van der Waals surface area contributed by atoms with E-state index in [9.17, 15) is 4.79 Å². The molecule has 4 nitrogen and oxygen atoms in total. The molecule has 0 saturated heterocycles. The Balaban J connectivity index is 1.72. The van der Waals surface area contributed by atoms with Gasteiger partial charge >= 0.3 is 0 Å². The summed E-state index contributed by atoms with van der Waals surface area (Å²) >= 11 is 0. The lowest BCUT2D eigenvalue weighted by molar-refractivity contribution is 0.0674. The lowest BCUT2D eigenvalue weighted by atomic mass is 9.92. The SMILES string of the molecule is CCN(C(=O)c1ccc(CC(C)C)cc1)C1CCc2[nH]ncc2C1. The minimum absolute atomic E-state index is 0.144. The van der Waals surface area contributed by atoms with Gasteiger partial charge in [0.25, 0.3) is 5.91 Å². The molecular formula is C20H27N3O. The molecule has 0 radical (unpaired) electrons. The zero-order chi connectivity index (χ0) is 17.1. The van der Waals surface area contributed by atoms with Gasteiger partial charge in [-0.3, -0.25) is 9.89 Å². The van der Waals surface area contributed by atoms with Gasteiger partial charge in [0.2, 0.25) is 0 Å². The summed E-state index contributed by atoms with van der Waals surface area (Å²) in [5.74, 6) is 0.774. The van der Waals surface area contributed by atoms with Crippen molar-refractivity contribution in [3.8, 4) is 0 Å². The maximum atomic E-state index is 13.0. The maximum Gasteiger partial charge on any atom is 0.254 e. The number of hydrogen-bond donors (Lipinski definition) is 1. The van der Waals surface area contributed by atoms with Crippen LogP contribution in [0.1, 0.15) is 54.4 Å². The first kappa shape index (κ1) is 16.7. The quantitative estimate of drug-likeness (QED) is 0.912. The average molecular weight is 325 g/mol. The first-order chi connectivity index (χ1) is 11.6. The zero-order valence-corrected chi connectivity index (χ0v) is 14.9. The summed E-state index contributed by atoms with van der Waals surface area (Å²) in [5, 5.41) is 7.20. The van der Waals surface area contributed by atoms with E-state index < -0.39 is 0 Å². The Morgan fingerprint density at radius 2 is 2.08 bits per heavy atom. The van der Waals surface area contributed by atoms with Gasteiger partial charge in [0, 0.05) is 23.8 Å². The van der Waals surface area contributed by atoms with Crippen LogP contribution >= 0.6 is 0 Å². The number of nitrogens with zero attached hydrogens (tertiary/aromatic N) is 2. The number of hydrogen-bond acceptors (Lipinski definition) is 2. The number of aromatic amines is 1. The molecule has 1 aliphatic carbocycles. The Labute approximate surface area is 144 Å². The molecule has 1 amide bonds. The molecule has 1 heterocycles. The van der Waals surface area contributed by atoms with Crippen molar-refractivity contribution in [2.45, 2.75) is 52.5 Å². The smallest absolute Gasteiger partial charge is 0.254 e. The largest absolute Gasteiger partial charge is 0.336 e. The fraction of sp³-hybridized carbons (Fsp3) is 0.500. The number of carbonyl (C=O) groups is 1. The third-order valence-corrected chi connectivity index (χ3v) is 4.88. The number of fused-ring (bicyclic) bond motifs is 1. The number of carbonyl (C=O) groups excluding carboxylic acids is 1. The highest BCUT2D eigenvalue weighted by Gasteiger charge is 2.28. The van der Waals surface area contributed by atoms with Crippen LogP contribution in [0.4, 0.5) is 0 Å². The van der Waals surface area contributed by atoms with Gasteiger partial charge in [0.05, 0.1) is 6.20 Å². The van der Waals surface area contributed by atoms with Crippen LogP contribution in [-0.2, 0) is 19.3 Å². The lowest BCUT2D eigenvalue weighted by Gasteiger charge is -2.33. The highest BCUT2D eigenvalue weighted by molar-refractivity contribution is 5.94. The fourth-order valence-corrected chi connectivity index (χ4v) is 3.65. The summed E-state index contributed by atoms with van der Waals surface area (Å²) in [6.07, 6.45) is 5.83. The normalized spacial score (nSPS) is 16.9. The number of amides is 1. The minimum Gasteiger partial charge on any atom is -0.336 e. The molecule has 1 N–H and O–H groups in total. The summed E-state index contributed by atoms with van der Waals surface area (Å²) in [7, 11) is 0. The fourth-order valence-electron chi connectivity index (χ4n) is 3.65. The first-order valence-corrected chi connectivity index (χ1v) is 8.99.